The quantitative estimate of drug-likeness (QED) is 0.261. The van der Waals surface area contributed by atoms with Gasteiger partial charge in [0.25, 0.3) is 0 Å². The first-order chi connectivity index (χ1) is 12.7. The Labute approximate surface area is 155 Å². The number of rotatable bonds is 9. The number of hydrogen-bond donors (Lipinski definition) is 7. The van der Waals surface area contributed by atoms with Crippen LogP contribution in [0, 0.1) is 0 Å². The van der Waals surface area contributed by atoms with Crippen LogP contribution < -0.4 is 11.1 Å². The standard InChI is InChI=1S/C12H13NO6.C4H11NO3/c14-10(15)6-9(11(16)17)13-12(18)19-7-8-4-2-1-3-5-8;5-4(1-6,2-7)3-8/h1-5,9H,6-7H2,(H,13,18)(H,14,15)(H,16,17);6-8H,1-3,5H2/t9-;/m0./s1. The number of alkyl carbamates (subject to hydrolysis) is 1. The first-order valence-electron chi connectivity index (χ1n) is 7.70. The van der Waals surface area contributed by atoms with E-state index in [-0.39, 0.29) is 6.61 Å². The summed E-state index contributed by atoms with van der Waals surface area (Å²) in [5.74, 6) is -2.75. The number of nitrogens with two attached hydrogens (primary N) is 1. The Morgan fingerprint density at radius 1 is 1.04 bits per heavy atom. The fraction of sp³-hybridized carbons (Fsp3) is 0.438. The average Bonchev–Trinajstić information content (AvgIpc) is 2.66. The molecule has 0 aromatic heterocycles. The maximum atomic E-state index is 11.3. The molecular weight excluding hydrogens is 364 g/mol. The lowest BCUT2D eigenvalue weighted by atomic mass is 10.1. The molecule has 0 heterocycles. The van der Waals surface area contributed by atoms with Gasteiger partial charge in [0.1, 0.15) is 12.6 Å². The summed E-state index contributed by atoms with van der Waals surface area (Å²) in [6, 6.07) is 7.29. The number of carbonyl (C=O) groups is 3. The summed E-state index contributed by atoms with van der Waals surface area (Å²) in [4.78, 5) is 32.5. The van der Waals surface area contributed by atoms with Gasteiger partial charge in [-0.2, -0.15) is 0 Å². The molecule has 11 nitrogen and oxygen atoms in total. The Balaban J connectivity index is 0.000000713. The highest BCUT2D eigenvalue weighted by molar-refractivity contribution is 5.84. The molecule has 152 valence electrons. The molecule has 0 spiro atoms. The Hall–Kier alpha value is -2.73. The second kappa shape index (κ2) is 12.6. The number of aliphatic hydroxyl groups is 3. The second-order valence-electron chi connectivity index (χ2n) is 5.53. The van der Waals surface area contributed by atoms with E-state index in [1.807, 2.05) is 5.32 Å². The molecule has 0 unspecified atom stereocenters. The third-order valence-corrected chi connectivity index (χ3v) is 3.13. The molecule has 1 amide bonds. The lowest BCUT2D eigenvalue weighted by Gasteiger charge is -2.20. The molecule has 1 aromatic rings. The number of carbonyl (C=O) groups excluding carboxylic acids is 1. The number of carboxylic acids is 2. The van der Waals surface area contributed by atoms with E-state index in [0.717, 1.165) is 5.56 Å². The minimum Gasteiger partial charge on any atom is -0.481 e. The number of carboxylic acid groups (broad SMARTS) is 2. The van der Waals surface area contributed by atoms with Crippen LogP contribution in [0.5, 0.6) is 0 Å². The molecule has 1 atom stereocenters. The first-order valence-corrected chi connectivity index (χ1v) is 7.70. The van der Waals surface area contributed by atoms with E-state index >= 15 is 0 Å². The number of nitrogens with one attached hydrogen (secondary N) is 1. The minimum absolute atomic E-state index is 0.0217. The van der Waals surface area contributed by atoms with Crippen LogP contribution in [0.3, 0.4) is 0 Å². The predicted molar refractivity (Wildman–Crippen MR) is 91.6 cm³/mol. The zero-order chi connectivity index (χ0) is 20.9. The van der Waals surface area contributed by atoms with Crippen LogP contribution in [-0.4, -0.2) is 75.0 Å². The third-order valence-electron chi connectivity index (χ3n) is 3.13. The minimum atomic E-state index is -1.51. The molecule has 0 saturated carbocycles. The smallest absolute Gasteiger partial charge is 0.408 e. The molecule has 0 bridgehead atoms. The van der Waals surface area contributed by atoms with Gasteiger partial charge in [0.05, 0.1) is 31.8 Å². The summed E-state index contributed by atoms with van der Waals surface area (Å²) >= 11 is 0. The maximum absolute atomic E-state index is 11.3. The Bertz CT molecular complexity index is 583. The number of benzene rings is 1. The molecular formula is C16H24N2O9. The topological polar surface area (TPSA) is 200 Å². The fourth-order valence-electron chi connectivity index (χ4n) is 1.43. The van der Waals surface area contributed by atoms with Gasteiger partial charge in [0.15, 0.2) is 0 Å². The molecule has 0 saturated heterocycles. The van der Waals surface area contributed by atoms with Crippen molar-refractivity contribution in [1.29, 1.82) is 0 Å². The maximum Gasteiger partial charge on any atom is 0.408 e. The Kier molecular flexibility index (Phi) is 11.3. The van der Waals surface area contributed by atoms with Gasteiger partial charge in [-0.25, -0.2) is 9.59 Å². The zero-order valence-electron chi connectivity index (χ0n) is 14.4. The van der Waals surface area contributed by atoms with Crippen molar-refractivity contribution in [3.05, 3.63) is 35.9 Å². The van der Waals surface area contributed by atoms with Gasteiger partial charge >= 0.3 is 18.0 Å². The molecule has 0 aliphatic carbocycles. The third kappa shape index (κ3) is 10.8. The van der Waals surface area contributed by atoms with Gasteiger partial charge in [-0.1, -0.05) is 30.3 Å². The summed E-state index contributed by atoms with van der Waals surface area (Å²) in [5.41, 5.74) is 4.68. The first kappa shape index (κ1) is 24.3. The lowest BCUT2D eigenvalue weighted by molar-refractivity contribution is -0.145. The monoisotopic (exact) mass is 388 g/mol. The van der Waals surface area contributed by atoms with Crippen molar-refractivity contribution in [2.75, 3.05) is 19.8 Å². The lowest BCUT2D eigenvalue weighted by Crippen LogP contribution is -2.50. The molecule has 1 aromatic carbocycles. The van der Waals surface area contributed by atoms with Crippen LogP contribution in [0.4, 0.5) is 4.79 Å². The van der Waals surface area contributed by atoms with Gasteiger partial charge in [0.2, 0.25) is 0 Å². The van der Waals surface area contributed by atoms with E-state index in [1.165, 1.54) is 0 Å². The summed E-state index contributed by atoms with van der Waals surface area (Å²) in [6.07, 6.45) is -1.69. The molecule has 11 heteroatoms. The van der Waals surface area contributed by atoms with E-state index in [2.05, 4.69) is 0 Å². The van der Waals surface area contributed by atoms with Crippen molar-refractivity contribution >= 4 is 18.0 Å². The van der Waals surface area contributed by atoms with Crippen molar-refractivity contribution in [2.24, 2.45) is 5.73 Å². The van der Waals surface area contributed by atoms with Crippen LogP contribution in [0.2, 0.25) is 0 Å². The van der Waals surface area contributed by atoms with Crippen molar-refractivity contribution in [1.82, 2.24) is 5.32 Å². The Morgan fingerprint density at radius 2 is 1.56 bits per heavy atom. The zero-order valence-corrected chi connectivity index (χ0v) is 14.4. The van der Waals surface area contributed by atoms with Crippen molar-refractivity contribution < 1.29 is 44.7 Å². The van der Waals surface area contributed by atoms with E-state index in [1.54, 1.807) is 30.3 Å². The second-order valence-corrected chi connectivity index (χ2v) is 5.53. The Morgan fingerprint density at radius 3 is 1.93 bits per heavy atom. The summed E-state index contributed by atoms with van der Waals surface area (Å²) < 4.78 is 4.78. The number of aliphatic hydroxyl groups excluding tert-OH is 3. The van der Waals surface area contributed by atoms with E-state index in [9.17, 15) is 14.4 Å². The van der Waals surface area contributed by atoms with Crippen molar-refractivity contribution in [3.8, 4) is 0 Å². The predicted octanol–water partition coefficient (Wildman–Crippen LogP) is -1.50. The SMILES string of the molecule is NC(CO)(CO)CO.O=C(O)C[C@H](NC(=O)OCc1ccccc1)C(=O)O. The molecule has 27 heavy (non-hydrogen) atoms. The highest BCUT2D eigenvalue weighted by atomic mass is 16.5. The molecule has 0 aliphatic rings. The van der Waals surface area contributed by atoms with Crippen LogP contribution in [-0.2, 0) is 20.9 Å². The van der Waals surface area contributed by atoms with Gasteiger partial charge < -0.3 is 41.3 Å². The molecule has 1 rings (SSSR count). The number of aliphatic carboxylic acids is 2. The molecule has 0 fully saturated rings. The van der Waals surface area contributed by atoms with Crippen LogP contribution in [0.25, 0.3) is 0 Å². The van der Waals surface area contributed by atoms with Gasteiger partial charge in [0, 0.05) is 0 Å². The summed E-state index contributed by atoms with van der Waals surface area (Å²) in [5, 5.41) is 44.2. The highest BCUT2D eigenvalue weighted by Gasteiger charge is 2.23. The number of amides is 1. The summed E-state index contributed by atoms with van der Waals surface area (Å²) in [7, 11) is 0. The van der Waals surface area contributed by atoms with Crippen LogP contribution in [0.15, 0.2) is 30.3 Å². The fourth-order valence-corrected chi connectivity index (χ4v) is 1.43. The van der Waals surface area contributed by atoms with E-state index in [4.69, 9.17) is 36.0 Å². The normalized spacial score (nSPS) is 11.6. The van der Waals surface area contributed by atoms with Crippen molar-refractivity contribution in [2.45, 2.75) is 24.6 Å². The van der Waals surface area contributed by atoms with Crippen molar-refractivity contribution in [3.63, 3.8) is 0 Å². The molecule has 0 aliphatic heterocycles. The van der Waals surface area contributed by atoms with E-state index < -0.39 is 55.9 Å². The largest absolute Gasteiger partial charge is 0.481 e. The number of ether oxygens (including phenoxy) is 1. The van der Waals surface area contributed by atoms with Crippen LogP contribution in [0.1, 0.15) is 12.0 Å². The molecule has 8 N–H and O–H groups in total. The number of hydrogen-bond acceptors (Lipinski definition) is 8. The van der Waals surface area contributed by atoms with Gasteiger partial charge in [-0.3, -0.25) is 4.79 Å². The molecule has 0 radical (unpaired) electrons. The van der Waals surface area contributed by atoms with Gasteiger partial charge in [-0.15, -0.1) is 0 Å². The summed E-state index contributed by atoms with van der Waals surface area (Å²) in [6.45, 7) is -1.23. The van der Waals surface area contributed by atoms with Crippen LogP contribution >= 0.6 is 0 Å². The average molecular weight is 388 g/mol. The highest BCUT2D eigenvalue weighted by Crippen LogP contribution is 2.01. The van der Waals surface area contributed by atoms with Gasteiger partial charge in [-0.05, 0) is 5.56 Å². The van der Waals surface area contributed by atoms with E-state index in [0.29, 0.717) is 0 Å².